The number of carboxylic acids is 1. The lowest BCUT2D eigenvalue weighted by Crippen LogP contribution is -2.55. The molecule has 0 saturated carbocycles. The van der Waals surface area contributed by atoms with Gasteiger partial charge in [0.2, 0.25) is 5.91 Å². The fourth-order valence-electron chi connectivity index (χ4n) is 2.35. The average Bonchev–Trinajstić information content (AvgIpc) is 2.61. The topological polar surface area (TPSA) is 105 Å². The Hall–Kier alpha value is -2.57. The second kappa shape index (κ2) is 10.4. The van der Waals surface area contributed by atoms with Crippen LogP contribution in [0, 0.1) is 11.8 Å². The quantitative estimate of drug-likeness (QED) is 0.625. The van der Waals surface area contributed by atoms with E-state index in [0.29, 0.717) is 6.42 Å². The molecule has 1 aromatic carbocycles. The lowest BCUT2D eigenvalue weighted by atomic mass is 9.97. The van der Waals surface area contributed by atoms with Gasteiger partial charge in [0.1, 0.15) is 18.7 Å². The van der Waals surface area contributed by atoms with Crippen molar-refractivity contribution in [1.82, 2.24) is 10.6 Å². The summed E-state index contributed by atoms with van der Waals surface area (Å²) in [5.41, 5.74) is 0.830. The van der Waals surface area contributed by atoms with Gasteiger partial charge in [0.25, 0.3) is 0 Å². The maximum Gasteiger partial charge on any atom is 0.408 e. The van der Waals surface area contributed by atoms with Crippen LogP contribution in [0.2, 0.25) is 0 Å². The van der Waals surface area contributed by atoms with E-state index in [4.69, 9.17) is 4.74 Å². The van der Waals surface area contributed by atoms with Gasteiger partial charge in [-0.25, -0.2) is 9.59 Å². The van der Waals surface area contributed by atoms with Crippen LogP contribution in [0.15, 0.2) is 30.3 Å². The number of carbonyl (C=O) groups is 3. The van der Waals surface area contributed by atoms with Gasteiger partial charge in [0.05, 0.1) is 0 Å². The number of hydrogen-bond acceptors (Lipinski definition) is 4. The molecule has 3 N–H and O–H groups in total. The van der Waals surface area contributed by atoms with Crippen LogP contribution >= 0.6 is 0 Å². The molecule has 0 aliphatic carbocycles. The number of ether oxygens (including phenoxy) is 1. The van der Waals surface area contributed by atoms with Crippen LogP contribution in [0.1, 0.15) is 39.7 Å². The van der Waals surface area contributed by atoms with Gasteiger partial charge < -0.3 is 20.5 Å². The maximum absolute atomic E-state index is 12.5. The number of rotatable bonds is 9. The highest BCUT2D eigenvalue weighted by Crippen LogP contribution is 2.10. The molecular weight excluding hydrogens is 336 g/mol. The Balaban J connectivity index is 2.67. The van der Waals surface area contributed by atoms with Crippen LogP contribution in [-0.4, -0.2) is 35.2 Å². The molecule has 7 heteroatoms. The van der Waals surface area contributed by atoms with Gasteiger partial charge in [-0.05, 0) is 17.4 Å². The number of benzene rings is 1. The van der Waals surface area contributed by atoms with E-state index in [-0.39, 0.29) is 18.4 Å². The van der Waals surface area contributed by atoms with Crippen LogP contribution in [-0.2, 0) is 20.9 Å². The summed E-state index contributed by atoms with van der Waals surface area (Å²) in [5.74, 6) is -2.09. The van der Waals surface area contributed by atoms with Gasteiger partial charge in [-0.2, -0.15) is 0 Å². The zero-order valence-electron chi connectivity index (χ0n) is 15.7. The van der Waals surface area contributed by atoms with E-state index in [2.05, 4.69) is 10.6 Å². The highest BCUT2D eigenvalue weighted by atomic mass is 16.5. The molecule has 0 aliphatic rings. The van der Waals surface area contributed by atoms with Crippen molar-refractivity contribution in [3.05, 3.63) is 35.9 Å². The average molecular weight is 364 g/mol. The number of hydrogen-bond donors (Lipinski definition) is 3. The molecule has 0 bridgehead atoms. The van der Waals surface area contributed by atoms with Gasteiger partial charge in [0.15, 0.2) is 0 Å². The largest absolute Gasteiger partial charge is 0.480 e. The maximum atomic E-state index is 12.5. The van der Waals surface area contributed by atoms with Crippen molar-refractivity contribution < 1.29 is 24.2 Å². The number of alkyl carbamates (subject to hydrolysis) is 1. The third-order valence-corrected chi connectivity index (χ3v) is 4.21. The minimum Gasteiger partial charge on any atom is -0.480 e. The van der Waals surface area contributed by atoms with Crippen LogP contribution in [0.25, 0.3) is 0 Å². The summed E-state index contributed by atoms with van der Waals surface area (Å²) in [7, 11) is 0. The van der Waals surface area contributed by atoms with Crippen molar-refractivity contribution in [2.24, 2.45) is 11.8 Å². The van der Waals surface area contributed by atoms with E-state index in [0.717, 1.165) is 5.56 Å². The molecule has 0 aromatic heterocycles. The van der Waals surface area contributed by atoms with Gasteiger partial charge in [-0.1, -0.05) is 64.4 Å². The van der Waals surface area contributed by atoms with E-state index in [1.807, 2.05) is 37.3 Å². The van der Waals surface area contributed by atoms with Gasteiger partial charge >= 0.3 is 12.1 Å². The first-order chi connectivity index (χ1) is 12.3. The predicted molar refractivity (Wildman–Crippen MR) is 97.4 cm³/mol. The highest BCUT2D eigenvalue weighted by Gasteiger charge is 2.31. The second-order valence-corrected chi connectivity index (χ2v) is 6.64. The molecule has 7 nitrogen and oxygen atoms in total. The van der Waals surface area contributed by atoms with Gasteiger partial charge in [0, 0.05) is 0 Å². The number of nitrogens with one attached hydrogen (secondary N) is 2. The second-order valence-electron chi connectivity index (χ2n) is 6.64. The Morgan fingerprint density at radius 1 is 1.04 bits per heavy atom. The van der Waals surface area contributed by atoms with Crippen LogP contribution < -0.4 is 10.6 Å². The van der Waals surface area contributed by atoms with Crippen molar-refractivity contribution in [1.29, 1.82) is 0 Å². The highest BCUT2D eigenvalue weighted by molar-refractivity contribution is 5.89. The molecule has 0 radical (unpaired) electrons. The Morgan fingerprint density at radius 2 is 1.65 bits per heavy atom. The van der Waals surface area contributed by atoms with E-state index >= 15 is 0 Å². The molecule has 0 fully saturated rings. The summed E-state index contributed by atoms with van der Waals surface area (Å²) >= 11 is 0. The number of aliphatic carboxylic acids is 1. The van der Waals surface area contributed by atoms with Crippen molar-refractivity contribution in [2.75, 3.05) is 0 Å². The Bertz CT molecular complexity index is 603. The smallest absolute Gasteiger partial charge is 0.408 e. The number of carboxylic acid groups (broad SMARTS) is 1. The van der Waals surface area contributed by atoms with Crippen LogP contribution in [0.5, 0.6) is 0 Å². The molecule has 0 saturated heterocycles. The van der Waals surface area contributed by atoms with Gasteiger partial charge in [-0.15, -0.1) is 0 Å². The van der Waals surface area contributed by atoms with Gasteiger partial charge in [-0.3, -0.25) is 4.79 Å². The molecule has 2 amide bonds. The lowest BCUT2D eigenvalue weighted by molar-refractivity contribution is -0.143. The Morgan fingerprint density at radius 3 is 2.15 bits per heavy atom. The third kappa shape index (κ3) is 6.74. The van der Waals surface area contributed by atoms with Crippen molar-refractivity contribution in [2.45, 2.75) is 52.8 Å². The number of amides is 2. The predicted octanol–water partition coefficient (Wildman–Crippen LogP) is 2.55. The zero-order chi connectivity index (χ0) is 19.7. The fraction of sp³-hybridized carbons (Fsp3) is 0.526. The van der Waals surface area contributed by atoms with E-state index in [9.17, 15) is 19.5 Å². The molecule has 0 unspecified atom stereocenters. The Kier molecular flexibility index (Phi) is 8.61. The summed E-state index contributed by atoms with van der Waals surface area (Å²) in [6.07, 6.45) is -0.117. The molecule has 0 aliphatic heterocycles. The first kappa shape index (κ1) is 21.5. The van der Waals surface area contributed by atoms with Crippen LogP contribution in [0.4, 0.5) is 4.79 Å². The minimum absolute atomic E-state index is 0.0870. The third-order valence-electron chi connectivity index (χ3n) is 4.21. The van der Waals surface area contributed by atoms with Crippen molar-refractivity contribution >= 4 is 18.0 Å². The fourth-order valence-corrected chi connectivity index (χ4v) is 2.35. The van der Waals surface area contributed by atoms with E-state index < -0.39 is 30.1 Å². The standard InChI is InChI=1S/C19H28N2O5/c1-5-13(4)16(18(23)24)20-17(22)15(12(2)3)21-19(25)26-11-14-9-7-6-8-10-14/h6-10,12-13,15-16H,5,11H2,1-4H3,(H,20,22)(H,21,25)(H,23,24)/t13-,15+,16+/m0/s1. The summed E-state index contributed by atoms with van der Waals surface area (Å²) < 4.78 is 5.13. The first-order valence-electron chi connectivity index (χ1n) is 8.76. The van der Waals surface area contributed by atoms with E-state index in [1.54, 1.807) is 20.8 Å². The van der Waals surface area contributed by atoms with Crippen molar-refractivity contribution in [3.8, 4) is 0 Å². The molecule has 1 rings (SSSR count). The summed E-state index contributed by atoms with van der Waals surface area (Å²) in [6.45, 7) is 7.22. The molecule has 0 spiro atoms. The zero-order valence-corrected chi connectivity index (χ0v) is 15.7. The summed E-state index contributed by atoms with van der Waals surface area (Å²) in [6, 6.07) is 7.29. The molecule has 3 atom stereocenters. The summed E-state index contributed by atoms with van der Waals surface area (Å²) in [4.78, 5) is 35.9. The first-order valence-corrected chi connectivity index (χ1v) is 8.76. The monoisotopic (exact) mass is 364 g/mol. The minimum atomic E-state index is -1.10. The molecule has 1 aromatic rings. The van der Waals surface area contributed by atoms with E-state index in [1.165, 1.54) is 0 Å². The molecular formula is C19H28N2O5. The molecule has 144 valence electrons. The number of carbonyl (C=O) groups excluding carboxylic acids is 2. The lowest BCUT2D eigenvalue weighted by Gasteiger charge is -2.26. The normalized spacial score (nSPS) is 14.2. The van der Waals surface area contributed by atoms with Crippen LogP contribution in [0.3, 0.4) is 0 Å². The summed E-state index contributed by atoms with van der Waals surface area (Å²) in [5, 5.41) is 14.4. The van der Waals surface area contributed by atoms with Crippen molar-refractivity contribution in [3.63, 3.8) is 0 Å². The SMILES string of the molecule is CC[C@H](C)[C@@H](NC(=O)[C@H](NC(=O)OCc1ccccc1)C(C)C)C(=O)O. The Labute approximate surface area is 154 Å². The molecule has 26 heavy (non-hydrogen) atoms. The molecule has 0 heterocycles.